The van der Waals surface area contributed by atoms with Gasteiger partial charge >= 0.3 is 6.18 Å². The first kappa shape index (κ1) is 21.2. The number of nitrogens with one attached hydrogen (secondary N) is 2. The van der Waals surface area contributed by atoms with Crippen molar-refractivity contribution in [2.45, 2.75) is 26.9 Å². The maximum atomic E-state index is 12.9. The minimum atomic E-state index is -4.50. The van der Waals surface area contributed by atoms with E-state index in [1.165, 1.54) is 18.2 Å². The zero-order chi connectivity index (χ0) is 20.4. The maximum absolute atomic E-state index is 12.9. The van der Waals surface area contributed by atoms with Gasteiger partial charge in [-0.1, -0.05) is 26.8 Å². The van der Waals surface area contributed by atoms with Crippen molar-refractivity contribution in [1.29, 1.82) is 0 Å². The van der Waals surface area contributed by atoms with E-state index >= 15 is 0 Å². The molecule has 0 bridgehead atoms. The SMILES string of the molecule is CC(C)(C)C(=O)Nc1cccc(C(=O)Nc2cc(C(F)(F)F)ccc2I)c1. The average Bonchev–Trinajstić information content (AvgIpc) is 2.55. The van der Waals surface area contributed by atoms with Gasteiger partial charge in [0.25, 0.3) is 5.91 Å². The summed E-state index contributed by atoms with van der Waals surface area (Å²) in [4.78, 5) is 24.5. The van der Waals surface area contributed by atoms with Crippen molar-refractivity contribution < 1.29 is 22.8 Å². The van der Waals surface area contributed by atoms with Crippen molar-refractivity contribution in [2.75, 3.05) is 10.6 Å². The molecule has 2 rings (SSSR count). The van der Waals surface area contributed by atoms with Crippen LogP contribution in [0.4, 0.5) is 24.5 Å². The summed E-state index contributed by atoms with van der Waals surface area (Å²) in [6, 6.07) is 9.35. The molecule has 0 fully saturated rings. The van der Waals surface area contributed by atoms with E-state index in [9.17, 15) is 22.8 Å². The van der Waals surface area contributed by atoms with Crippen molar-refractivity contribution >= 4 is 45.8 Å². The first-order chi connectivity index (χ1) is 12.4. The van der Waals surface area contributed by atoms with Crippen LogP contribution in [0, 0.1) is 8.99 Å². The van der Waals surface area contributed by atoms with E-state index in [2.05, 4.69) is 10.6 Å². The first-order valence-electron chi connectivity index (χ1n) is 7.97. The average molecular weight is 490 g/mol. The Kier molecular flexibility index (Phi) is 6.18. The summed E-state index contributed by atoms with van der Waals surface area (Å²) in [5.74, 6) is -0.786. The molecule has 0 saturated carbocycles. The molecule has 2 aromatic rings. The third kappa shape index (κ3) is 5.69. The lowest BCUT2D eigenvalue weighted by Crippen LogP contribution is -2.27. The van der Waals surface area contributed by atoms with E-state index in [0.29, 0.717) is 9.26 Å². The Morgan fingerprint density at radius 1 is 0.963 bits per heavy atom. The molecule has 0 unspecified atom stereocenters. The molecule has 0 aromatic heterocycles. The summed E-state index contributed by atoms with van der Waals surface area (Å²) >= 11 is 1.85. The Morgan fingerprint density at radius 3 is 2.22 bits per heavy atom. The summed E-state index contributed by atoms with van der Waals surface area (Å²) in [5.41, 5.74) is -0.730. The van der Waals surface area contributed by atoms with Crippen LogP contribution in [0.2, 0.25) is 0 Å². The van der Waals surface area contributed by atoms with E-state index in [1.807, 2.05) is 22.6 Å². The van der Waals surface area contributed by atoms with E-state index in [-0.39, 0.29) is 17.2 Å². The number of benzene rings is 2. The third-order valence-corrected chi connectivity index (χ3v) is 4.55. The van der Waals surface area contributed by atoms with Crippen molar-refractivity contribution in [3.63, 3.8) is 0 Å². The van der Waals surface area contributed by atoms with Crippen molar-refractivity contribution in [2.24, 2.45) is 5.41 Å². The highest BCUT2D eigenvalue weighted by atomic mass is 127. The van der Waals surface area contributed by atoms with Gasteiger partial charge in [0.1, 0.15) is 0 Å². The lowest BCUT2D eigenvalue weighted by Gasteiger charge is -2.18. The number of amides is 2. The summed E-state index contributed by atoms with van der Waals surface area (Å²) in [6.07, 6.45) is -4.50. The molecule has 144 valence electrons. The maximum Gasteiger partial charge on any atom is 0.416 e. The summed E-state index contributed by atoms with van der Waals surface area (Å²) in [6.45, 7) is 5.28. The van der Waals surface area contributed by atoms with Crippen LogP contribution in [0.1, 0.15) is 36.7 Å². The second kappa shape index (κ2) is 7.87. The van der Waals surface area contributed by atoms with Gasteiger partial charge in [-0.05, 0) is 59.0 Å². The minimum Gasteiger partial charge on any atom is -0.326 e. The molecular formula is C19H18F3IN2O2. The van der Waals surface area contributed by atoms with Crippen molar-refractivity contribution in [3.05, 3.63) is 57.2 Å². The van der Waals surface area contributed by atoms with Gasteiger partial charge in [-0.3, -0.25) is 9.59 Å². The molecule has 2 aromatic carbocycles. The number of hydrogen-bond acceptors (Lipinski definition) is 2. The van der Waals surface area contributed by atoms with Crippen molar-refractivity contribution in [1.82, 2.24) is 0 Å². The van der Waals surface area contributed by atoms with Crippen LogP contribution in [0.25, 0.3) is 0 Å². The third-order valence-electron chi connectivity index (χ3n) is 3.61. The van der Waals surface area contributed by atoms with Gasteiger partial charge in [0.05, 0.1) is 11.3 Å². The monoisotopic (exact) mass is 490 g/mol. The van der Waals surface area contributed by atoms with Crippen LogP contribution in [0.3, 0.4) is 0 Å². The lowest BCUT2D eigenvalue weighted by molar-refractivity contribution is -0.137. The van der Waals surface area contributed by atoms with Gasteiger partial charge in [0.2, 0.25) is 5.91 Å². The molecule has 4 nitrogen and oxygen atoms in total. The highest BCUT2D eigenvalue weighted by Crippen LogP contribution is 2.33. The second-order valence-corrected chi connectivity index (χ2v) is 8.09. The molecule has 0 atom stereocenters. The minimum absolute atomic E-state index is 0.0690. The van der Waals surface area contributed by atoms with E-state index in [1.54, 1.807) is 32.9 Å². The molecule has 8 heteroatoms. The number of carbonyl (C=O) groups excluding carboxylic acids is 2. The van der Waals surface area contributed by atoms with Crippen LogP contribution in [-0.4, -0.2) is 11.8 Å². The van der Waals surface area contributed by atoms with E-state index in [4.69, 9.17) is 0 Å². The molecule has 0 heterocycles. The van der Waals surface area contributed by atoms with Gasteiger partial charge in [0, 0.05) is 20.2 Å². The van der Waals surface area contributed by atoms with Crippen LogP contribution in [-0.2, 0) is 11.0 Å². The predicted octanol–water partition coefficient (Wildman–Crippen LogP) is 5.55. The molecule has 2 N–H and O–H groups in total. The van der Waals surface area contributed by atoms with Gasteiger partial charge in [-0.25, -0.2) is 0 Å². The molecule has 0 aliphatic rings. The number of rotatable bonds is 3. The summed E-state index contributed by atoms with van der Waals surface area (Å²) in [5, 5.41) is 5.20. The molecule has 0 saturated heterocycles. The fourth-order valence-electron chi connectivity index (χ4n) is 2.05. The summed E-state index contributed by atoms with van der Waals surface area (Å²) in [7, 11) is 0. The molecule has 0 radical (unpaired) electrons. The number of hydrogen-bond donors (Lipinski definition) is 2. The van der Waals surface area contributed by atoms with Gasteiger partial charge in [-0.2, -0.15) is 13.2 Å². The fraction of sp³-hybridized carbons (Fsp3) is 0.263. The smallest absolute Gasteiger partial charge is 0.326 e. The highest BCUT2D eigenvalue weighted by molar-refractivity contribution is 14.1. The number of anilines is 2. The standard InChI is InChI=1S/C19H18F3IN2O2/c1-18(2,3)17(27)24-13-6-4-5-11(9-13)16(26)25-15-10-12(19(20,21)22)7-8-14(15)23/h4-10H,1-3H3,(H,24,27)(H,25,26). The van der Waals surface area contributed by atoms with Crippen molar-refractivity contribution in [3.8, 4) is 0 Å². The van der Waals surface area contributed by atoms with Gasteiger partial charge in [-0.15, -0.1) is 0 Å². The zero-order valence-corrected chi connectivity index (χ0v) is 17.0. The normalized spacial score (nSPS) is 11.8. The van der Waals surface area contributed by atoms with E-state index < -0.39 is 23.1 Å². The molecule has 0 aliphatic carbocycles. The number of carbonyl (C=O) groups is 2. The Hall–Kier alpha value is -2.10. The number of alkyl halides is 3. The second-order valence-electron chi connectivity index (χ2n) is 6.93. The molecule has 0 aliphatic heterocycles. The fourth-order valence-corrected chi connectivity index (χ4v) is 2.52. The van der Waals surface area contributed by atoms with Crippen LogP contribution in [0.15, 0.2) is 42.5 Å². The van der Waals surface area contributed by atoms with E-state index in [0.717, 1.165) is 12.1 Å². The largest absolute Gasteiger partial charge is 0.416 e. The highest BCUT2D eigenvalue weighted by Gasteiger charge is 2.31. The van der Waals surface area contributed by atoms with Crippen LogP contribution >= 0.6 is 22.6 Å². The molecule has 27 heavy (non-hydrogen) atoms. The zero-order valence-electron chi connectivity index (χ0n) is 14.9. The Bertz CT molecular complexity index is 874. The quantitative estimate of drug-likeness (QED) is 0.555. The Balaban J connectivity index is 2.22. The number of halogens is 4. The predicted molar refractivity (Wildman–Crippen MR) is 107 cm³/mol. The van der Waals surface area contributed by atoms with Crippen LogP contribution in [0.5, 0.6) is 0 Å². The lowest BCUT2D eigenvalue weighted by atomic mass is 9.95. The summed E-state index contributed by atoms with van der Waals surface area (Å²) < 4.78 is 39.1. The first-order valence-corrected chi connectivity index (χ1v) is 9.05. The Morgan fingerprint density at radius 2 is 1.63 bits per heavy atom. The van der Waals surface area contributed by atoms with Crippen LogP contribution < -0.4 is 10.6 Å². The molecule has 2 amide bonds. The molecular weight excluding hydrogens is 472 g/mol. The van der Waals surface area contributed by atoms with Gasteiger partial charge < -0.3 is 10.6 Å². The Labute approximate surface area is 168 Å². The topological polar surface area (TPSA) is 58.2 Å². The molecule has 0 spiro atoms. The van der Waals surface area contributed by atoms with Gasteiger partial charge in [0.15, 0.2) is 0 Å².